The normalized spacial score (nSPS) is 45.7. The Morgan fingerprint density at radius 2 is 1.95 bits per heavy atom. The van der Waals surface area contributed by atoms with E-state index in [0.717, 1.165) is 43.6 Å². The second kappa shape index (κ2) is 5.57. The fourth-order valence-electron chi connectivity index (χ4n) is 5.86. The summed E-state index contributed by atoms with van der Waals surface area (Å²) in [6.45, 7) is 1.01. The van der Waals surface area contributed by atoms with Crippen LogP contribution in [-0.2, 0) is 4.79 Å². The van der Waals surface area contributed by atoms with Crippen LogP contribution in [-0.4, -0.2) is 29.4 Å². The molecule has 0 spiro atoms. The summed E-state index contributed by atoms with van der Waals surface area (Å²) < 4.78 is 0. The van der Waals surface area contributed by atoms with Crippen LogP contribution in [0.15, 0.2) is 0 Å². The first-order chi connectivity index (χ1) is 10.2. The molecule has 1 aliphatic heterocycles. The van der Waals surface area contributed by atoms with Gasteiger partial charge in [-0.2, -0.15) is 0 Å². The van der Waals surface area contributed by atoms with Crippen LogP contribution in [0.25, 0.3) is 0 Å². The largest absolute Gasteiger partial charge is 0.339 e. The van der Waals surface area contributed by atoms with Crippen molar-refractivity contribution in [1.29, 1.82) is 0 Å². The highest BCUT2D eigenvalue weighted by Gasteiger charge is 2.43. The van der Waals surface area contributed by atoms with Crippen molar-refractivity contribution in [2.75, 3.05) is 6.54 Å². The first-order valence-corrected chi connectivity index (χ1v) is 9.26. The number of nitrogens with zero attached hydrogens (tertiary/aromatic N) is 1. The number of nitrogens with two attached hydrogens (primary N) is 1. The third kappa shape index (κ3) is 2.62. The molecule has 2 N–H and O–H groups in total. The number of hydrogen-bond donors (Lipinski definition) is 1. The van der Waals surface area contributed by atoms with Crippen molar-refractivity contribution in [2.24, 2.45) is 29.4 Å². The van der Waals surface area contributed by atoms with Crippen LogP contribution in [0, 0.1) is 23.7 Å². The predicted octanol–water partition coefficient (Wildman–Crippen LogP) is 2.93. The van der Waals surface area contributed by atoms with Crippen molar-refractivity contribution in [1.82, 2.24) is 4.90 Å². The van der Waals surface area contributed by atoms with Crippen molar-refractivity contribution in [3.8, 4) is 0 Å². The van der Waals surface area contributed by atoms with Crippen LogP contribution >= 0.6 is 0 Å². The molecule has 118 valence electrons. The Morgan fingerprint density at radius 1 is 1.05 bits per heavy atom. The number of rotatable bonds is 3. The zero-order valence-corrected chi connectivity index (χ0v) is 13.2. The standard InChI is InChI=1S/C18H30N2O/c19-16-6-5-14(10-16)18(21)20-7-1-2-17(20)11-15-9-12-3-4-13(15)8-12/h12-17H,1-11,19H2. The van der Waals surface area contributed by atoms with Gasteiger partial charge in [-0.25, -0.2) is 0 Å². The Bertz CT molecular complexity index is 410. The van der Waals surface area contributed by atoms with Gasteiger partial charge in [0, 0.05) is 24.5 Å². The Morgan fingerprint density at radius 3 is 2.62 bits per heavy atom. The molecule has 0 aromatic rings. The van der Waals surface area contributed by atoms with Crippen molar-refractivity contribution in [3.05, 3.63) is 0 Å². The van der Waals surface area contributed by atoms with Gasteiger partial charge in [0.05, 0.1) is 0 Å². The summed E-state index contributed by atoms with van der Waals surface area (Å²) >= 11 is 0. The van der Waals surface area contributed by atoms with E-state index < -0.39 is 0 Å². The zero-order valence-electron chi connectivity index (χ0n) is 13.2. The first kappa shape index (κ1) is 14.0. The molecule has 0 radical (unpaired) electrons. The van der Waals surface area contributed by atoms with Gasteiger partial charge in [-0.1, -0.05) is 6.42 Å². The number of fused-ring (bicyclic) bond motifs is 2. The van der Waals surface area contributed by atoms with Crippen molar-refractivity contribution in [2.45, 2.75) is 76.3 Å². The average molecular weight is 290 g/mol. The molecule has 4 rings (SSSR count). The number of carbonyl (C=O) groups is 1. The zero-order chi connectivity index (χ0) is 14.4. The average Bonchev–Trinajstić information content (AvgIpc) is 3.21. The van der Waals surface area contributed by atoms with Crippen LogP contribution < -0.4 is 5.73 Å². The van der Waals surface area contributed by atoms with Gasteiger partial charge in [0.25, 0.3) is 0 Å². The molecule has 1 heterocycles. The lowest BCUT2D eigenvalue weighted by molar-refractivity contribution is -0.136. The number of likely N-dealkylation sites (tertiary alicyclic amines) is 1. The summed E-state index contributed by atoms with van der Waals surface area (Å²) in [6, 6.07) is 0.823. The fourth-order valence-corrected chi connectivity index (χ4v) is 5.86. The van der Waals surface area contributed by atoms with Gasteiger partial charge < -0.3 is 10.6 Å². The number of amides is 1. The van der Waals surface area contributed by atoms with Gasteiger partial charge in [0.2, 0.25) is 5.91 Å². The van der Waals surface area contributed by atoms with Crippen LogP contribution in [0.4, 0.5) is 0 Å². The minimum absolute atomic E-state index is 0.237. The van der Waals surface area contributed by atoms with Crippen molar-refractivity contribution < 1.29 is 4.79 Å². The minimum atomic E-state index is 0.237. The van der Waals surface area contributed by atoms with Gasteiger partial charge in [-0.15, -0.1) is 0 Å². The molecule has 3 nitrogen and oxygen atoms in total. The van der Waals surface area contributed by atoms with Crippen LogP contribution in [0.2, 0.25) is 0 Å². The summed E-state index contributed by atoms with van der Waals surface area (Å²) in [6.07, 6.45) is 12.6. The molecular weight excluding hydrogens is 260 g/mol. The molecule has 21 heavy (non-hydrogen) atoms. The molecule has 4 aliphatic rings. The minimum Gasteiger partial charge on any atom is -0.339 e. The molecular formula is C18H30N2O. The Balaban J connectivity index is 1.37. The van der Waals surface area contributed by atoms with E-state index in [-0.39, 0.29) is 12.0 Å². The van der Waals surface area contributed by atoms with Crippen molar-refractivity contribution >= 4 is 5.91 Å². The lowest BCUT2D eigenvalue weighted by atomic mass is 9.83. The maximum absolute atomic E-state index is 12.8. The van der Waals surface area contributed by atoms with Crippen molar-refractivity contribution in [3.63, 3.8) is 0 Å². The molecule has 3 aliphatic carbocycles. The third-order valence-corrected chi connectivity index (χ3v) is 6.94. The number of carbonyl (C=O) groups excluding carboxylic acids is 1. The van der Waals surface area contributed by atoms with Gasteiger partial charge in [-0.05, 0) is 75.5 Å². The van der Waals surface area contributed by atoms with Crippen LogP contribution in [0.1, 0.15) is 64.2 Å². The summed E-state index contributed by atoms with van der Waals surface area (Å²) in [7, 11) is 0. The molecule has 2 bridgehead atoms. The van der Waals surface area contributed by atoms with Gasteiger partial charge >= 0.3 is 0 Å². The lowest BCUT2D eigenvalue weighted by Crippen LogP contribution is -2.40. The third-order valence-electron chi connectivity index (χ3n) is 6.94. The topological polar surface area (TPSA) is 46.3 Å². The quantitative estimate of drug-likeness (QED) is 0.868. The summed E-state index contributed by atoms with van der Waals surface area (Å²) in [5.74, 6) is 3.62. The molecule has 1 saturated heterocycles. The Labute approximate surface area is 128 Å². The maximum atomic E-state index is 12.8. The molecule has 4 fully saturated rings. The van der Waals surface area contributed by atoms with Gasteiger partial charge in [-0.3, -0.25) is 4.79 Å². The smallest absolute Gasteiger partial charge is 0.225 e. The van der Waals surface area contributed by atoms with E-state index in [1.807, 2.05) is 0 Å². The highest BCUT2D eigenvalue weighted by Crippen LogP contribution is 2.50. The highest BCUT2D eigenvalue weighted by molar-refractivity contribution is 5.79. The van der Waals surface area contributed by atoms with Crippen LogP contribution in [0.3, 0.4) is 0 Å². The van der Waals surface area contributed by atoms with Crippen LogP contribution in [0.5, 0.6) is 0 Å². The Hall–Kier alpha value is -0.570. The first-order valence-electron chi connectivity index (χ1n) is 9.26. The van der Waals surface area contributed by atoms with E-state index in [1.165, 1.54) is 44.9 Å². The highest BCUT2D eigenvalue weighted by atomic mass is 16.2. The molecule has 6 unspecified atom stereocenters. The van der Waals surface area contributed by atoms with E-state index in [9.17, 15) is 4.79 Å². The van der Waals surface area contributed by atoms with E-state index in [2.05, 4.69) is 4.90 Å². The fraction of sp³-hybridized carbons (Fsp3) is 0.944. The molecule has 1 amide bonds. The molecule has 3 saturated carbocycles. The van der Waals surface area contributed by atoms with E-state index >= 15 is 0 Å². The molecule has 0 aromatic carbocycles. The summed E-state index contributed by atoms with van der Waals surface area (Å²) in [5.41, 5.74) is 6.00. The number of hydrogen-bond acceptors (Lipinski definition) is 2. The Kier molecular flexibility index (Phi) is 3.72. The second-order valence-electron chi connectivity index (χ2n) is 8.27. The maximum Gasteiger partial charge on any atom is 0.225 e. The van der Waals surface area contributed by atoms with Gasteiger partial charge in [0.1, 0.15) is 0 Å². The molecule has 3 heteroatoms. The second-order valence-corrected chi connectivity index (χ2v) is 8.27. The van der Waals surface area contributed by atoms with E-state index in [1.54, 1.807) is 0 Å². The monoisotopic (exact) mass is 290 g/mol. The van der Waals surface area contributed by atoms with E-state index in [4.69, 9.17) is 5.73 Å². The predicted molar refractivity (Wildman–Crippen MR) is 83.6 cm³/mol. The SMILES string of the molecule is NC1CCC(C(=O)N2CCCC2CC2CC3CCC2C3)C1. The summed E-state index contributed by atoms with van der Waals surface area (Å²) in [4.78, 5) is 15.1. The van der Waals surface area contributed by atoms with E-state index in [0.29, 0.717) is 11.9 Å². The summed E-state index contributed by atoms with van der Waals surface area (Å²) in [5, 5.41) is 0. The molecule has 6 atom stereocenters. The lowest BCUT2D eigenvalue weighted by Gasteiger charge is -2.32. The van der Waals surface area contributed by atoms with Gasteiger partial charge in [0.15, 0.2) is 0 Å². The molecule has 0 aromatic heterocycles.